The van der Waals surface area contributed by atoms with Gasteiger partial charge in [-0.25, -0.2) is 4.98 Å². The summed E-state index contributed by atoms with van der Waals surface area (Å²) in [6, 6.07) is 15.0. The summed E-state index contributed by atoms with van der Waals surface area (Å²) in [6.07, 6.45) is 0. The zero-order valence-electron chi connectivity index (χ0n) is 11.4. The van der Waals surface area contributed by atoms with Crippen molar-refractivity contribution in [2.45, 2.75) is 6.61 Å². The zero-order chi connectivity index (χ0) is 15.5. The van der Waals surface area contributed by atoms with E-state index in [1.807, 2.05) is 30.3 Å². The Bertz CT molecular complexity index is 790. The van der Waals surface area contributed by atoms with E-state index in [0.717, 1.165) is 21.8 Å². The molecule has 112 valence electrons. The van der Waals surface area contributed by atoms with Crippen LogP contribution in [0.5, 0.6) is 0 Å². The maximum absolute atomic E-state index is 9.55. The molecule has 0 aliphatic heterocycles. The Labute approximate surface area is 142 Å². The summed E-state index contributed by atoms with van der Waals surface area (Å²) in [7, 11) is 0. The smallest absolute Gasteiger partial charge is 0.188 e. The van der Waals surface area contributed by atoms with Crippen LogP contribution >= 0.6 is 34.5 Å². The minimum atomic E-state index is -0.0576. The molecular weight excluding hydrogens is 339 g/mol. The van der Waals surface area contributed by atoms with Crippen LogP contribution in [0.15, 0.2) is 48.5 Å². The first-order valence-electron chi connectivity index (χ1n) is 6.55. The van der Waals surface area contributed by atoms with Gasteiger partial charge in [-0.3, -0.25) is 0 Å². The quantitative estimate of drug-likeness (QED) is 0.666. The highest BCUT2D eigenvalue weighted by molar-refractivity contribution is 7.16. The molecule has 22 heavy (non-hydrogen) atoms. The summed E-state index contributed by atoms with van der Waals surface area (Å²) in [4.78, 5) is 5.37. The van der Waals surface area contributed by atoms with Gasteiger partial charge in [0.1, 0.15) is 0 Å². The fourth-order valence-corrected chi connectivity index (χ4v) is 3.35. The summed E-state index contributed by atoms with van der Waals surface area (Å²) in [5, 5.41) is 14.5. The number of rotatable bonds is 4. The van der Waals surface area contributed by atoms with E-state index in [0.29, 0.717) is 15.2 Å². The first-order valence-corrected chi connectivity index (χ1v) is 8.12. The number of aliphatic hydroxyl groups excluding tert-OH is 1. The van der Waals surface area contributed by atoms with Gasteiger partial charge in [0.05, 0.1) is 27.9 Å². The van der Waals surface area contributed by atoms with Gasteiger partial charge in [0, 0.05) is 10.6 Å². The fraction of sp³-hybridized carbons (Fsp3) is 0.0625. The highest BCUT2D eigenvalue weighted by Crippen LogP contribution is 2.34. The van der Waals surface area contributed by atoms with Gasteiger partial charge >= 0.3 is 0 Å². The van der Waals surface area contributed by atoms with E-state index in [9.17, 15) is 5.11 Å². The van der Waals surface area contributed by atoms with E-state index in [4.69, 9.17) is 23.2 Å². The molecule has 1 aromatic heterocycles. The van der Waals surface area contributed by atoms with Crippen LogP contribution in [0.3, 0.4) is 0 Å². The number of benzene rings is 2. The second-order valence-electron chi connectivity index (χ2n) is 4.56. The van der Waals surface area contributed by atoms with Gasteiger partial charge in [0.2, 0.25) is 0 Å². The van der Waals surface area contributed by atoms with Crippen molar-refractivity contribution in [3.8, 4) is 11.3 Å². The maximum atomic E-state index is 9.55. The molecule has 0 atom stereocenters. The highest BCUT2D eigenvalue weighted by atomic mass is 35.5. The maximum Gasteiger partial charge on any atom is 0.188 e. The van der Waals surface area contributed by atoms with Crippen LogP contribution in [0.25, 0.3) is 11.3 Å². The summed E-state index contributed by atoms with van der Waals surface area (Å²) >= 11 is 13.4. The number of halogens is 2. The Balaban J connectivity index is 1.94. The van der Waals surface area contributed by atoms with E-state index in [2.05, 4.69) is 10.3 Å². The second kappa shape index (κ2) is 6.67. The number of nitrogens with zero attached hydrogens (tertiary/aromatic N) is 1. The van der Waals surface area contributed by atoms with E-state index < -0.39 is 0 Å². The third kappa shape index (κ3) is 3.25. The summed E-state index contributed by atoms with van der Waals surface area (Å²) in [5.41, 5.74) is 2.47. The molecule has 6 heteroatoms. The van der Waals surface area contributed by atoms with Gasteiger partial charge in [-0.15, -0.1) is 0 Å². The molecule has 1 heterocycles. The predicted octanol–water partition coefficient (Wildman–Crippen LogP) is 5.35. The minimum Gasteiger partial charge on any atom is -0.391 e. The highest BCUT2D eigenvalue weighted by Gasteiger charge is 2.13. The molecule has 3 nitrogen and oxygen atoms in total. The number of thiazole rings is 1. The van der Waals surface area contributed by atoms with Crippen molar-refractivity contribution in [2.75, 3.05) is 5.32 Å². The van der Waals surface area contributed by atoms with Crippen LogP contribution < -0.4 is 5.32 Å². The van der Waals surface area contributed by atoms with Crippen LogP contribution in [0.2, 0.25) is 10.0 Å². The van der Waals surface area contributed by atoms with Crippen LogP contribution in [-0.4, -0.2) is 10.1 Å². The standard InChI is InChI=1S/C16H12Cl2N2OS/c17-11-6-7-13(12(18)8-11)19-16-20-15(14(9-21)22-16)10-4-2-1-3-5-10/h1-8,21H,9H2,(H,19,20). The summed E-state index contributed by atoms with van der Waals surface area (Å²) < 4.78 is 0. The molecule has 0 aliphatic rings. The zero-order valence-corrected chi connectivity index (χ0v) is 13.7. The molecule has 0 fully saturated rings. The van der Waals surface area contributed by atoms with E-state index in [1.165, 1.54) is 11.3 Å². The Morgan fingerprint density at radius 3 is 2.55 bits per heavy atom. The van der Waals surface area contributed by atoms with Gasteiger partial charge in [-0.2, -0.15) is 0 Å². The Hall–Kier alpha value is -1.59. The topological polar surface area (TPSA) is 45.1 Å². The molecule has 2 aromatic carbocycles. The molecule has 3 aromatic rings. The van der Waals surface area contributed by atoms with Crippen molar-refractivity contribution in [3.63, 3.8) is 0 Å². The SMILES string of the molecule is OCc1sc(Nc2ccc(Cl)cc2Cl)nc1-c1ccccc1. The lowest BCUT2D eigenvalue weighted by atomic mass is 10.1. The van der Waals surface area contributed by atoms with Crippen molar-refractivity contribution in [3.05, 3.63) is 63.5 Å². The molecule has 0 unspecified atom stereocenters. The van der Waals surface area contributed by atoms with E-state index >= 15 is 0 Å². The second-order valence-corrected chi connectivity index (χ2v) is 6.49. The number of aliphatic hydroxyl groups is 1. The Kier molecular flexibility index (Phi) is 4.64. The summed E-state index contributed by atoms with van der Waals surface area (Å²) in [6.45, 7) is -0.0576. The van der Waals surface area contributed by atoms with Gasteiger partial charge in [-0.05, 0) is 18.2 Å². The number of aromatic nitrogens is 1. The molecular formula is C16H12Cl2N2OS. The molecule has 3 rings (SSSR count). The monoisotopic (exact) mass is 350 g/mol. The number of nitrogens with one attached hydrogen (secondary N) is 1. The first kappa shape index (κ1) is 15.3. The molecule has 0 saturated heterocycles. The fourth-order valence-electron chi connectivity index (χ4n) is 2.04. The summed E-state index contributed by atoms with van der Waals surface area (Å²) in [5.74, 6) is 0. The average Bonchev–Trinajstić information content (AvgIpc) is 2.94. The van der Waals surface area contributed by atoms with Gasteiger partial charge in [-0.1, -0.05) is 64.9 Å². The molecule has 0 amide bonds. The molecule has 0 bridgehead atoms. The third-order valence-electron chi connectivity index (χ3n) is 3.06. The van der Waals surface area contributed by atoms with E-state index in [1.54, 1.807) is 18.2 Å². The lowest BCUT2D eigenvalue weighted by molar-refractivity contribution is 0.286. The molecule has 2 N–H and O–H groups in total. The molecule has 0 aliphatic carbocycles. The normalized spacial score (nSPS) is 10.7. The van der Waals surface area contributed by atoms with Crippen molar-refractivity contribution < 1.29 is 5.11 Å². The van der Waals surface area contributed by atoms with Crippen LogP contribution in [-0.2, 0) is 6.61 Å². The number of anilines is 2. The minimum absolute atomic E-state index is 0.0576. The van der Waals surface area contributed by atoms with E-state index in [-0.39, 0.29) is 6.61 Å². The number of hydrogen-bond donors (Lipinski definition) is 2. The molecule has 0 saturated carbocycles. The Morgan fingerprint density at radius 2 is 1.86 bits per heavy atom. The van der Waals surface area contributed by atoms with Gasteiger partial charge in [0.15, 0.2) is 5.13 Å². The lowest BCUT2D eigenvalue weighted by Crippen LogP contribution is -1.90. The van der Waals surface area contributed by atoms with Crippen LogP contribution in [0.4, 0.5) is 10.8 Å². The van der Waals surface area contributed by atoms with Crippen LogP contribution in [0, 0.1) is 0 Å². The van der Waals surface area contributed by atoms with Crippen molar-refractivity contribution in [1.82, 2.24) is 4.98 Å². The van der Waals surface area contributed by atoms with Crippen molar-refractivity contribution in [1.29, 1.82) is 0 Å². The first-order chi connectivity index (χ1) is 10.7. The van der Waals surface area contributed by atoms with Crippen LogP contribution in [0.1, 0.15) is 4.88 Å². The average molecular weight is 351 g/mol. The third-order valence-corrected chi connectivity index (χ3v) is 4.56. The largest absolute Gasteiger partial charge is 0.391 e. The van der Waals surface area contributed by atoms with Gasteiger partial charge < -0.3 is 10.4 Å². The molecule has 0 spiro atoms. The van der Waals surface area contributed by atoms with Gasteiger partial charge in [0.25, 0.3) is 0 Å². The molecule has 0 radical (unpaired) electrons. The van der Waals surface area contributed by atoms with Crippen molar-refractivity contribution in [2.24, 2.45) is 0 Å². The Morgan fingerprint density at radius 1 is 1.09 bits per heavy atom. The predicted molar refractivity (Wildman–Crippen MR) is 93.2 cm³/mol. The van der Waals surface area contributed by atoms with Crippen molar-refractivity contribution >= 4 is 45.4 Å². The lowest BCUT2D eigenvalue weighted by Gasteiger charge is -2.05. The number of hydrogen-bond acceptors (Lipinski definition) is 4.